The molecule has 4 rings (SSSR count). The van der Waals surface area contributed by atoms with Gasteiger partial charge in [0.05, 0.1) is 24.8 Å². The van der Waals surface area contributed by atoms with E-state index in [1.54, 1.807) is 0 Å². The molecule has 2 unspecified atom stereocenters. The zero-order chi connectivity index (χ0) is 34.8. The lowest BCUT2D eigenvalue weighted by atomic mass is 9.75. The van der Waals surface area contributed by atoms with Crippen molar-refractivity contribution in [2.75, 3.05) is 26.2 Å². The van der Waals surface area contributed by atoms with Gasteiger partial charge in [-0.2, -0.15) is 0 Å². The van der Waals surface area contributed by atoms with Gasteiger partial charge in [0, 0.05) is 38.0 Å². The number of hydrogen-bond acceptors (Lipinski definition) is 19. The van der Waals surface area contributed by atoms with Crippen LogP contribution < -0.4 is 33.6 Å². The molecule has 0 bridgehead atoms. The van der Waals surface area contributed by atoms with Gasteiger partial charge in [0.2, 0.25) is 0 Å². The first kappa shape index (κ1) is 38.6. The molecule has 274 valence electrons. The minimum absolute atomic E-state index is 0.0140. The number of hydrogen-bond donors (Lipinski definition) is 15. The fourth-order valence-electron chi connectivity index (χ4n) is 6.46. The van der Waals surface area contributed by atoms with Gasteiger partial charge in [0.1, 0.15) is 66.6 Å². The van der Waals surface area contributed by atoms with Crippen LogP contribution >= 0.6 is 0 Å². The SMILES string of the molecule is NCCC(O)CNC[C@H]1O[C@H](OC2[C@@H](N)C[C@@H](NC(=O)C3(O)CC(N)C3)[C@H](O[C@H]3O[C@H](CO)[C@@H](O)[C@H](N)[C@H]3O)[C@H]2O)[C@H](O)[C@@H](O)[C@@H]1O. The van der Waals surface area contributed by atoms with Gasteiger partial charge >= 0.3 is 0 Å². The first-order valence-corrected chi connectivity index (χ1v) is 15.8. The molecule has 19 N–H and O–H groups in total. The van der Waals surface area contributed by atoms with E-state index in [1.165, 1.54) is 0 Å². The fraction of sp³-hybridized carbons (Fsp3) is 0.963. The van der Waals surface area contributed by atoms with E-state index in [9.17, 15) is 50.8 Å². The number of aliphatic hydroxyl groups excluding tert-OH is 8. The second-order valence-corrected chi connectivity index (χ2v) is 13.1. The quantitative estimate of drug-likeness (QED) is 0.0856. The molecule has 0 aromatic carbocycles. The Morgan fingerprint density at radius 3 is 2.11 bits per heavy atom. The van der Waals surface area contributed by atoms with Gasteiger partial charge in [-0.25, -0.2) is 0 Å². The molecule has 4 aliphatic rings. The second-order valence-electron chi connectivity index (χ2n) is 13.1. The van der Waals surface area contributed by atoms with E-state index in [2.05, 4.69) is 10.6 Å². The maximum atomic E-state index is 13.1. The van der Waals surface area contributed by atoms with Gasteiger partial charge in [0.25, 0.3) is 5.91 Å². The first-order valence-electron chi connectivity index (χ1n) is 15.8. The largest absolute Gasteiger partial charge is 0.394 e. The summed E-state index contributed by atoms with van der Waals surface area (Å²) < 4.78 is 23.1. The van der Waals surface area contributed by atoms with E-state index < -0.39 is 122 Å². The number of ether oxygens (including phenoxy) is 4. The Labute approximate surface area is 270 Å². The average Bonchev–Trinajstić information content (AvgIpc) is 3.01. The van der Waals surface area contributed by atoms with Crippen LogP contribution in [0.4, 0.5) is 0 Å². The normalized spacial score (nSPS) is 48.0. The van der Waals surface area contributed by atoms with Crippen molar-refractivity contribution in [3.8, 4) is 0 Å². The zero-order valence-corrected chi connectivity index (χ0v) is 25.8. The molecule has 20 nitrogen and oxygen atoms in total. The van der Waals surface area contributed by atoms with Crippen molar-refractivity contribution in [3.05, 3.63) is 0 Å². The zero-order valence-electron chi connectivity index (χ0n) is 25.8. The monoisotopic (exact) mass is 684 g/mol. The number of amides is 1. The third kappa shape index (κ3) is 8.56. The number of nitrogens with one attached hydrogen (secondary N) is 2. The van der Waals surface area contributed by atoms with E-state index in [1.807, 2.05) is 0 Å². The molecule has 2 saturated carbocycles. The number of aliphatic hydroxyl groups is 9. The molecule has 0 aromatic rings. The predicted octanol–water partition coefficient (Wildman–Crippen LogP) is -8.94. The first-order chi connectivity index (χ1) is 22.1. The minimum Gasteiger partial charge on any atom is -0.394 e. The van der Waals surface area contributed by atoms with Crippen LogP contribution in [0.25, 0.3) is 0 Å². The molecule has 0 spiro atoms. The van der Waals surface area contributed by atoms with Crippen LogP contribution in [0.15, 0.2) is 0 Å². The van der Waals surface area contributed by atoms with Crippen molar-refractivity contribution in [2.24, 2.45) is 22.9 Å². The van der Waals surface area contributed by atoms with Crippen LogP contribution in [0.3, 0.4) is 0 Å². The van der Waals surface area contributed by atoms with Crippen molar-refractivity contribution >= 4 is 5.91 Å². The van der Waals surface area contributed by atoms with E-state index in [0.717, 1.165) is 0 Å². The van der Waals surface area contributed by atoms with Crippen LogP contribution in [-0.2, 0) is 23.7 Å². The molecule has 2 aliphatic heterocycles. The summed E-state index contributed by atoms with van der Waals surface area (Å²) in [6, 6.07) is -3.93. The van der Waals surface area contributed by atoms with E-state index >= 15 is 0 Å². The van der Waals surface area contributed by atoms with Gasteiger partial charge in [-0.3, -0.25) is 4.79 Å². The van der Waals surface area contributed by atoms with Gasteiger partial charge < -0.3 is 98.5 Å². The van der Waals surface area contributed by atoms with Gasteiger partial charge in [0.15, 0.2) is 12.6 Å². The maximum Gasteiger partial charge on any atom is 0.252 e. The van der Waals surface area contributed by atoms with Crippen molar-refractivity contribution in [2.45, 2.75) is 135 Å². The second kappa shape index (κ2) is 16.2. The summed E-state index contributed by atoms with van der Waals surface area (Å²) in [5.74, 6) is -0.808. The lowest BCUT2D eigenvalue weighted by Crippen LogP contribution is -2.71. The Hall–Kier alpha value is -1.25. The number of rotatable bonds is 13. The molecule has 4 fully saturated rings. The Kier molecular flexibility index (Phi) is 13.3. The van der Waals surface area contributed by atoms with E-state index in [-0.39, 0.29) is 38.9 Å². The molecule has 20 heteroatoms. The molecule has 2 aliphatic carbocycles. The Morgan fingerprint density at radius 2 is 1.49 bits per heavy atom. The number of nitrogens with two attached hydrogens (primary N) is 4. The van der Waals surface area contributed by atoms with Crippen molar-refractivity contribution in [1.82, 2.24) is 10.6 Å². The molecular formula is C27H52N6O14. The maximum absolute atomic E-state index is 13.1. The van der Waals surface area contributed by atoms with E-state index in [4.69, 9.17) is 41.9 Å². The summed E-state index contributed by atoms with van der Waals surface area (Å²) in [4.78, 5) is 13.1. The molecule has 0 radical (unpaired) electrons. The van der Waals surface area contributed by atoms with Crippen LogP contribution in [-0.4, -0.2) is 188 Å². The highest BCUT2D eigenvalue weighted by atomic mass is 16.7. The number of carbonyl (C=O) groups is 1. The van der Waals surface area contributed by atoms with Crippen LogP contribution in [0, 0.1) is 0 Å². The number of carbonyl (C=O) groups excluding carboxylic acids is 1. The van der Waals surface area contributed by atoms with Crippen LogP contribution in [0.5, 0.6) is 0 Å². The van der Waals surface area contributed by atoms with Crippen molar-refractivity contribution in [3.63, 3.8) is 0 Å². The summed E-state index contributed by atoms with van der Waals surface area (Å²) in [5.41, 5.74) is 21.7. The summed E-state index contributed by atoms with van der Waals surface area (Å²) >= 11 is 0. The lowest BCUT2D eigenvalue weighted by Gasteiger charge is -2.49. The van der Waals surface area contributed by atoms with Crippen LogP contribution in [0.2, 0.25) is 0 Å². The Balaban J connectivity index is 1.52. The molecule has 47 heavy (non-hydrogen) atoms. The van der Waals surface area contributed by atoms with Crippen molar-refractivity contribution in [1.29, 1.82) is 0 Å². The van der Waals surface area contributed by atoms with E-state index in [0.29, 0.717) is 6.42 Å². The third-order valence-corrected chi connectivity index (χ3v) is 9.37. The molecule has 16 atom stereocenters. The highest BCUT2D eigenvalue weighted by molar-refractivity contribution is 5.86. The summed E-state index contributed by atoms with van der Waals surface area (Å²) in [6.45, 7) is -0.414. The molecule has 2 saturated heterocycles. The molecule has 1 amide bonds. The highest BCUT2D eigenvalue weighted by Gasteiger charge is 2.54. The Morgan fingerprint density at radius 1 is 0.872 bits per heavy atom. The summed E-state index contributed by atoms with van der Waals surface area (Å²) in [6.07, 6.45) is -19.2. The lowest BCUT2D eigenvalue weighted by molar-refractivity contribution is -0.333. The van der Waals surface area contributed by atoms with Gasteiger partial charge in [-0.15, -0.1) is 0 Å². The van der Waals surface area contributed by atoms with Gasteiger partial charge in [-0.1, -0.05) is 0 Å². The van der Waals surface area contributed by atoms with Crippen molar-refractivity contribution < 1.29 is 69.7 Å². The topological polar surface area (TPSA) is 364 Å². The summed E-state index contributed by atoms with van der Waals surface area (Å²) in [5, 5.41) is 100. The molecular weight excluding hydrogens is 632 g/mol. The Bertz CT molecular complexity index is 1010. The van der Waals surface area contributed by atoms with Gasteiger partial charge in [-0.05, 0) is 19.4 Å². The minimum atomic E-state index is -1.80. The molecule has 0 aromatic heterocycles. The molecule has 2 heterocycles. The standard InChI is InChI=1S/C27H52N6O14/c28-2-1-10(35)6-32-7-13-17(37)19(39)20(40)25(44-13)46-22-11(30)3-12(33-26(42)27(43)4-9(29)5-27)23(21(22)41)47-24-18(38)15(31)16(36)14(8-34)45-24/h9-25,32,34-41,43H,1-8,28-31H2,(H,33,42)/t9?,10?,11-,12+,13+,14+,15-,16+,17+,18+,19-,20+,21-,22?,23-,24+,25+,27?/m0/s1. The smallest absolute Gasteiger partial charge is 0.252 e. The third-order valence-electron chi connectivity index (χ3n) is 9.37. The van der Waals surface area contributed by atoms with Crippen LogP contribution in [0.1, 0.15) is 25.7 Å². The highest BCUT2D eigenvalue weighted by Crippen LogP contribution is 2.34. The predicted molar refractivity (Wildman–Crippen MR) is 157 cm³/mol. The summed E-state index contributed by atoms with van der Waals surface area (Å²) in [7, 11) is 0. The fourth-order valence-corrected chi connectivity index (χ4v) is 6.46. The average molecular weight is 685 g/mol.